The maximum Gasteiger partial charge on any atom is 0.298 e. The molecule has 0 saturated heterocycles. The molecule has 0 bridgehead atoms. The van der Waals surface area contributed by atoms with Crippen molar-refractivity contribution in [3.63, 3.8) is 0 Å². The van der Waals surface area contributed by atoms with Gasteiger partial charge in [-0.05, 0) is 25.0 Å². The second kappa shape index (κ2) is 13.0. The number of rotatable bonds is 8. The third kappa shape index (κ3) is 6.17. The summed E-state index contributed by atoms with van der Waals surface area (Å²) in [6.45, 7) is 0.515. The van der Waals surface area contributed by atoms with Crippen LogP contribution in [0.3, 0.4) is 0 Å². The number of nitrogens with zero attached hydrogens (tertiary/aromatic N) is 4. The van der Waals surface area contributed by atoms with Crippen molar-refractivity contribution < 1.29 is 14.6 Å². The third-order valence-electron chi connectivity index (χ3n) is 7.35. The van der Waals surface area contributed by atoms with Crippen LogP contribution in [0.5, 0.6) is 5.88 Å². The van der Waals surface area contributed by atoms with Gasteiger partial charge in [-0.15, -0.1) is 0 Å². The van der Waals surface area contributed by atoms with Crippen molar-refractivity contribution in [3.8, 4) is 28.3 Å². The first-order chi connectivity index (χ1) is 20.3. The summed E-state index contributed by atoms with van der Waals surface area (Å²) in [5.41, 5.74) is 2.72. The van der Waals surface area contributed by atoms with Gasteiger partial charge in [0.1, 0.15) is 6.33 Å². The Labute approximate surface area is 252 Å². The number of amides is 1. The number of aliphatic hydroxyl groups is 1. The van der Waals surface area contributed by atoms with Crippen LogP contribution in [-0.2, 0) is 13.6 Å². The van der Waals surface area contributed by atoms with Crippen molar-refractivity contribution in [1.29, 1.82) is 0 Å². The number of methoxy groups -OCH3 is 1. The molecule has 10 nitrogen and oxygen atoms in total. The number of nitrogens with one attached hydrogen (secondary N) is 2. The molecular weight excluding hydrogens is 579 g/mol. The second-order valence-corrected chi connectivity index (χ2v) is 10.8. The highest BCUT2D eigenvalue weighted by atomic mass is 35.5. The van der Waals surface area contributed by atoms with Crippen molar-refractivity contribution in [1.82, 2.24) is 25.1 Å². The van der Waals surface area contributed by atoms with Crippen LogP contribution in [0.25, 0.3) is 22.4 Å². The van der Waals surface area contributed by atoms with E-state index in [-0.39, 0.29) is 22.9 Å². The standard InChI is InChI=1S/C30H30Cl2N6O4/c1-38-30(41)27(34-16-35-38)28(40)36-23-11-6-8-19(26(23)32)18-7-5-9-20(25(18)31)21-14-13-17(29(37-21)42-2)15-33-22-10-3-4-12-24(22)39/h5-9,11,13-14,16,22,24,33,39H,3-4,10,12,15H2,1-2H3,(H,36,40)/t22?,24-/m0/s1. The summed E-state index contributed by atoms with van der Waals surface area (Å²) in [4.78, 5) is 33.6. The number of anilines is 1. The predicted molar refractivity (Wildman–Crippen MR) is 162 cm³/mol. The maximum atomic E-state index is 12.8. The van der Waals surface area contributed by atoms with Gasteiger partial charge < -0.3 is 20.5 Å². The molecule has 0 aliphatic heterocycles. The zero-order valence-corrected chi connectivity index (χ0v) is 24.6. The van der Waals surface area contributed by atoms with Crippen molar-refractivity contribution in [3.05, 3.63) is 86.5 Å². The Balaban J connectivity index is 1.41. The molecular formula is C30H30Cl2N6O4. The molecule has 1 aliphatic carbocycles. The van der Waals surface area contributed by atoms with E-state index < -0.39 is 11.5 Å². The molecule has 1 saturated carbocycles. The SMILES string of the molecule is COc1nc(-c2cccc(-c3cccc(NC(=O)c4ncnn(C)c4=O)c3Cl)c2Cl)ccc1CNC1CCCC[C@@H]1O. The van der Waals surface area contributed by atoms with Gasteiger partial charge in [0, 0.05) is 41.9 Å². The topological polar surface area (TPSA) is 131 Å². The molecule has 0 spiro atoms. The number of carbonyl (C=O) groups is 1. The molecule has 42 heavy (non-hydrogen) atoms. The quantitative estimate of drug-likeness (QED) is 0.258. The van der Waals surface area contributed by atoms with E-state index in [2.05, 4.69) is 20.7 Å². The highest BCUT2D eigenvalue weighted by Gasteiger charge is 2.23. The number of ether oxygens (including phenoxy) is 1. The molecule has 0 radical (unpaired) electrons. The molecule has 12 heteroatoms. The number of benzene rings is 2. The molecule has 2 atom stereocenters. The summed E-state index contributed by atoms with van der Waals surface area (Å²) in [6.07, 6.45) is 4.67. The number of pyridine rings is 1. The van der Waals surface area contributed by atoms with Crippen molar-refractivity contribution in [2.75, 3.05) is 12.4 Å². The van der Waals surface area contributed by atoms with E-state index in [1.54, 1.807) is 25.3 Å². The number of aliphatic hydroxyl groups excluding tert-OH is 1. The number of hydrogen-bond donors (Lipinski definition) is 3. The smallest absolute Gasteiger partial charge is 0.298 e. The maximum absolute atomic E-state index is 12.8. The average Bonchev–Trinajstić information content (AvgIpc) is 2.99. The van der Waals surface area contributed by atoms with Crippen molar-refractivity contribution >= 4 is 34.8 Å². The number of aryl methyl sites for hydroxylation is 1. The van der Waals surface area contributed by atoms with E-state index in [0.717, 1.165) is 42.3 Å². The fraction of sp³-hybridized carbons (Fsp3) is 0.300. The molecule has 5 rings (SSSR count). The van der Waals surface area contributed by atoms with Gasteiger partial charge in [0.15, 0.2) is 5.69 Å². The van der Waals surface area contributed by atoms with Crippen LogP contribution in [0.4, 0.5) is 5.69 Å². The Morgan fingerprint density at radius 1 is 1.05 bits per heavy atom. The first kappa shape index (κ1) is 29.7. The molecule has 1 fully saturated rings. The van der Waals surface area contributed by atoms with Gasteiger partial charge in [0.25, 0.3) is 11.5 Å². The summed E-state index contributed by atoms with van der Waals surface area (Å²) >= 11 is 13.7. The van der Waals surface area contributed by atoms with Crippen LogP contribution in [0.15, 0.2) is 59.7 Å². The van der Waals surface area contributed by atoms with Gasteiger partial charge in [-0.2, -0.15) is 5.10 Å². The molecule has 1 amide bonds. The zero-order chi connectivity index (χ0) is 29.8. The van der Waals surface area contributed by atoms with Gasteiger partial charge in [-0.1, -0.05) is 72.4 Å². The minimum Gasteiger partial charge on any atom is -0.481 e. The van der Waals surface area contributed by atoms with Gasteiger partial charge in [0.2, 0.25) is 5.88 Å². The molecule has 3 N–H and O–H groups in total. The Bertz CT molecular complexity index is 1680. The fourth-order valence-electron chi connectivity index (χ4n) is 5.05. The summed E-state index contributed by atoms with van der Waals surface area (Å²) in [7, 11) is 3.00. The first-order valence-corrected chi connectivity index (χ1v) is 14.3. The molecule has 2 aromatic carbocycles. The number of halogens is 2. The number of carbonyl (C=O) groups excluding carboxylic acids is 1. The van der Waals surface area contributed by atoms with Crippen molar-refractivity contribution in [2.24, 2.45) is 7.05 Å². The lowest BCUT2D eigenvalue weighted by Crippen LogP contribution is -2.41. The molecule has 1 unspecified atom stereocenters. The molecule has 1 aliphatic rings. The Hall–Kier alpha value is -3.83. The molecule has 4 aromatic rings. The van der Waals surface area contributed by atoms with Gasteiger partial charge in [-0.25, -0.2) is 14.6 Å². The summed E-state index contributed by atoms with van der Waals surface area (Å²) in [5.74, 6) is -0.244. The van der Waals surface area contributed by atoms with E-state index in [9.17, 15) is 14.7 Å². The first-order valence-electron chi connectivity index (χ1n) is 13.5. The predicted octanol–water partition coefficient (Wildman–Crippen LogP) is 4.87. The fourth-order valence-corrected chi connectivity index (χ4v) is 5.65. The Morgan fingerprint density at radius 3 is 2.52 bits per heavy atom. The zero-order valence-electron chi connectivity index (χ0n) is 23.1. The van der Waals surface area contributed by atoms with Crippen LogP contribution in [0.1, 0.15) is 41.7 Å². The van der Waals surface area contributed by atoms with E-state index in [0.29, 0.717) is 45.5 Å². The lowest BCUT2D eigenvalue weighted by Gasteiger charge is -2.28. The molecule has 2 heterocycles. The summed E-state index contributed by atoms with van der Waals surface area (Å²) < 4.78 is 6.63. The molecule has 218 valence electrons. The van der Waals surface area contributed by atoms with Crippen LogP contribution in [0.2, 0.25) is 10.0 Å². The lowest BCUT2D eigenvalue weighted by molar-refractivity contribution is 0.0901. The van der Waals surface area contributed by atoms with Crippen LogP contribution in [-0.4, -0.2) is 50.0 Å². The summed E-state index contributed by atoms with van der Waals surface area (Å²) in [5, 5.41) is 20.8. The van der Waals surface area contributed by atoms with Gasteiger partial charge in [0.05, 0.1) is 34.6 Å². The van der Waals surface area contributed by atoms with Crippen LogP contribution in [0, 0.1) is 0 Å². The van der Waals surface area contributed by atoms with E-state index in [1.165, 1.54) is 7.05 Å². The van der Waals surface area contributed by atoms with Gasteiger partial charge in [-0.3, -0.25) is 9.59 Å². The third-order valence-corrected chi connectivity index (χ3v) is 8.17. The highest BCUT2D eigenvalue weighted by molar-refractivity contribution is 6.39. The second-order valence-electron chi connectivity index (χ2n) is 10.0. The Morgan fingerprint density at radius 2 is 1.76 bits per heavy atom. The molecule has 2 aromatic heterocycles. The van der Waals surface area contributed by atoms with Gasteiger partial charge >= 0.3 is 0 Å². The Kier molecular flexibility index (Phi) is 9.18. The van der Waals surface area contributed by atoms with E-state index in [4.69, 9.17) is 32.9 Å². The van der Waals surface area contributed by atoms with Crippen molar-refractivity contribution in [2.45, 2.75) is 44.4 Å². The lowest BCUT2D eigenvalue weighted by atomic mass is 9.92. The number of hydrogen-bond acceptors (Lipinski definition) is 8. The highest BCUT2D eigenvalue weighted by Crippen LogP contribution is 2.41. The minimum absolute atomic E-state index is 0.0471. The normalized spacial score (nSPS) is 16.7. The summed E-state index contributed by atoms with van der Waals surface area (Å²) in [6, 6.07) is 14.5. The van der Waals surface area contributed by atoms with E-state index in [1.807, 2.05) is 30.3 Å². The minimum atomic E-state index is -0.708. The number of aromatic nitrogens is 4. The monoisotopic (exact) mass is 608 g/mol. The van der Waals surface area contributed by atoms with E-state index >= 15 is 0 Å². The van der Waals surface area contributed by atoms with Crippen LogP contribution < -0.4 is 20.9 Å². The average molecular weight is 610 g/mol. The van der Waals surface area contributed by atoms with Crippen LogP contribution >= 0.6 is 23.2 Å². The largest absolute Gasteiger partial charge is 0.481 e.